The molecule has 0 bridgehead atoms. The molecule has 0 aliphatic carbocycles. The first-order chi connectivity index (χ1) is 9.02. The summed E-state index contributed by atoms with van der Waals surface area (Å²) in [6.45, 7) is 3.59. The van der Waals surface area contributed by atoms with Gasteiger partial charge in [-0.3, -0.25) is 4.79 Å². The van der Waals surface area contributed by atoms with Gasteiger partial charge in [-0.15, -0.1) is 12.4 Å². The molecule has 0 spiro atoms. The molecule has 0 saturated carbocycles. The second kappa shape index (κ2) is 7.61. The van der Waals surface area contributed by atoms with E-state index in [9.17, 15) is 13.2 Å². The Kier molecular flexibility index (Phi) is 6.75. The molecule has 5 nitrogen and oxygen atoms in total. The van der Waals surface area contributed by atoms with Gasteiger partial charge in [-0.1, -0.05) is 0 Å². The van der Waals surface area contributed by atoms with Crippen LogP contribution in [0.2, 0.25) is 0 Å². The molecule has 118 valence electrons. The molecule has 2 heterocycles. The lowest BCUT2D eigenvalue weighted by atomic mass is 10.1. The summed E-state index contributed by atoms with van der Waals surface area (Å²) >= 11 is 0. The topological polar surface area (TPSA) is 66.5 Å². The molecule has 1 amide bonds. The lowest BCUT2D eigenvalue weighted by molar-refractivity contribution is -0.133. The van der Waals surface area contributed by atoms with Gasteiger partial charge in [0.25, 0.3) is 0 Å². The first kappa shape index (κ1) is 17.7. The Balaban J connectivity index is 0.00000200. The molecule has 2 rings (SSSR count). The van der Waals surface area contributed by atoms with Crippen molar-refractivity contribution in [3.63, 3.8) is 0 Å². The summed E-state index contributed by atoms with van der Waals surface area (Å²) in [4.78, 5) is 14.0. The van der Waals surface area contributed by atoms with E-state index in [4.69, 9.17) is 0 Å². The van der Waals surface area contributed by atoms with Crippen LogP contribution in [-0.2, 0) is 14.6 Å². The predicted molar refractivity (Wildman–Crippen MR) is 82.0 cm³/mol. The van der Waals surface area contributed by atoms with E-state index >= 15 is 0 Å². The van der Waals surface area contributed by atoms with Gasteiger partial charge in [-0.25, -0.2) is 8.42 Å². The van der Waals surface area contributed by atoms with Crippen LogP contribution < -0.4 is 5.32 Å². The van der Waals surface area contributed by atoms with Crippen molar-refractivity contribution in [1.29, 1.82) is 0 Å². The van der Waals surface area contributed by atoms with Crippen LogP contribution in [-0.4, -0.2) is 55.9 Å². The van der Waals surface area contributed by atoms with Crippen molar-refractivity contribution in [2.45, 2.75) is 51.1 Å². The largest absolute Gasteiger partial charge is 0.339 e. The Bertz CT molecular complexity index is 421. The first-order valence-electron chi connectivity index (χ1n) is 7.25. The quantitative estimate of drug-likeness (QED) is 0.818. The number of nitrogens with one attached hydrogen (secondary N) is 1. The van der Waals surface area contributed by atoms with E-state index < -0.39 is 9.84 Å². The number of sulfone groups is 1. The molecule has 0 aromatic carbocycles. The van der Waals surface area contributed by atoms with Crippen molar-refractivity contribution in [3.05, 3.63) is 0 Å². The minimum absolute atomic E-state index is 0. The molecule has 7 heteroatoms. The summed E-state index contributed by atoms with van der Waals surface area (Å²) in [5.41, 5.74) is 0. The number of hydrogen-bond donors (Lipinski definition) is 1. The maximum Gasteiger partial charge on any atom is 0.222 e. The fourth-order valence-electron chi connectivity index (χ4n) is 3.10. The van der Waals surface area contributed by atoms with Gasteiger partial charge in [0.1, 0.15) is 0 Å². The summed E-state index contributed by atoms with van der Waals surface area (Å²) in [7, 11) is -2.92. The molecule has 0 aromatic rings. The minimum atomic E-state index is -2.92. The number of rotatable bonds is 5. The number of hydrogen-bond acceptors (Lipinski definition) is 4. The van der Waals surface area contributed by atoms with E-state index in [2.05, 4.69) is 5.32 Å². The fraction of sp³-hybridized carbons (Fsp3) is 0.923. The van der Waals surface area contributed by atoms with Gasteiger partial charge in [-0.05, 0) is 39.2 Å². The zero-order chi connectivity index (χ0) is 13.9. The molecule has 2 saturated heterocycles. The zero-order valence-corrected chi connectivity index (χ0v) is 13.6. The average Bonchev–Trinajstić information content (AvgIpc) is 2.97. The molecule has 2 fully saturated rings. The SMILES string of the molecule is CCN(C(=O)CCC1CCCN1)C1CCS(=O)(=O)C1.Cl. The summed E-state index contributed by atoms with van der Waals surface area (Å²) in [5, 5.41) is 3.38. The van der Waals surface area contributed by atoms with Crippen LogP contribution in [0.25, 0.3) is 0 Å². The number of carbonyl (C=O) groups excluding carboxylic acids is 1. The molecular formula is C13H25ClN2O3S. The third kappa shape index (κ3) is 4.60. The van der Waals surface area contributed by atoms with Crippen LogP contribution in [0.4, 0.5) is 0 Å². The van der Waals surface area contributed by atoms with Gasteiger partial charge in [0.05, 0.1) is 11.5 Å². The highest BCUT2D eigenvalue weighted by molar-refractivity contribution is 7.91. The van der Waals surface area contributed by atoms with Gasteiger partial charge in [0.15, 0.2) is 9.84 Å². The Hall–Kier alpha value is -0.330. The summed E-state index contributed by atoms with van der Waals surface area (Å²) in [5.74, 6) is 0.484. The van der Waals surface area contributed by atoms with Crippen LogP contribution in [0.5, 0.6) is 0 Å². The minimum Gasteiger partial charge on any atom is -0.339 e. The molecule has 2 aliphatic rings. The van der Waals surface area contributed by atoms with Gasteiger partial charge in [-0.2, -0.15) is 0 Å². The van der Waals surface area contributed by atoms with Crippen molar-refractivity contribution in [2.75, 3.05) is 24.6 Å². The first-order valence-corrected chi connectivity index (χ1v) is 9.07. The average molecular weight is 325 g/mol. The van der Waals surface area contributed by atoms with Crippen LogP contribution in [0, 0.1) is 0 Å². The third-order valence-corrected chi connectivity index (χ3v) is 5.93. The van der Waals surface area contributed by atoms with Crippen LogP contribution in [0.1, 0.15) is 39.0 Å². The van der Waals surface area contributed by atoms with Crippen molar-refractivity contribution >= 4 is 28.2 Å². The van der Waals surface area contributed by atoms with E-state index in [0.717, 1.165) is 19.4 Å². The smallest absolute Gasteiger partial charge is 0.222 e. The fourth-order valence-corrected chi connectivity index (χ4v) is 4.83. The number of nitrogens with zero attached hydrogens (tertiary/aromatic N) is 1. The van der Waals surface area contributed by atoms with Crippen molar-refractivity contribution in [3.8, 4) is 0 Å². The maximum atomic E-state index is 12.2. The van der Waals surface area contributed by atoms with Gasteiger partial charge < -0.3 is 10.2 Å². The van der Waals surface area contributed by atoms with Crippen molar-refractivity contribution in [2.24, 2.45) is 0 Å². The van der Waals surface area contributed by atoms with E-state index in [-0.39, 0.29) is 35.9 Å². The Morgan fingerprint density at radius 1 is 1.35 bits per heavy atom. The van der Waals surface area contributed by atoms with Gasteiger partial charge in [0.2, 0.25) is 5.91 Å². The van der Waals surface area contributed by atoms with Crippen LogP contribution >= 0.6 is 12.4 Å². The molecule has 20 heavy (non-hydrogen) atoms. The third-order valence-electron chi connectivity index (χ3n) is 4.18. The van der Waals surface area contributed by atoms with Crippen LogP contribution in [0.3, 0.4) is 0 Å². The van der Waals surface area contributed by atoms with Gasteiger partial charge >= 0.3 is 0 Å². The van der Waals surface area contributed by atoms with E-state index in [1.54, 1.807) is 4.90 Å². The normalized spacial score (nSPS) is 28.1. The maximum absolute atomic E-state index is 12.2. The predicted octanol–water partition coefficient (Wildman–Crippen LogP) is 0.976. The second-order valence-electron chi connectivity index (χ2n) is 5.57. The number of amides is 1. The standard InChI is InChI=1S/C13H24N2O3S.ClH/c1-2-15(12-7-9-19(17,18)10-12)13(16)6-5-11-4-3-8-14-11;/h11-12,14H,2-10H2,1H3;1H. The molecule has 2 unspecified atom stereocenters. The highest BCUT2D eigenvalue weighted by Crippen LogP contribution is 2.19. The van der Waals surface area contributed by atoms with Crippen molar-refractivity contribution < 1.29 is 13.2 Å². The van der Waals surface area contributed by atoms with Crippen molar-refractivity contribution in [1.82, 2.24) is 10.2 Å². The summed E-state index contributed by atoms with van der Waals surface area (Å²) < 4.78 is 23.0. The number of halogens is 1. The number of carbonyl (C=O) groups is 1. The molecule has 2 atom stereocenters. The molecule has 0 radical (unpaired) electrons. The second-order valence-corrected chi connectivity index (χ2v) is 7.80. The van der Waals surface area contributed by atoms with E-state index in [1.165, 1.54) is 6.42 Å². The Labute approximate surface area is 127 Å². The van der Waals surface area contributed by atoms with Gasteiger partial charge in [0, 0.05) is 25.0 Å². The lowest BCUT2D eigenvalue weighted by Gasteiger charge is -2.27. The Morgan fingerprint density at radius 2 is 2.10 bits per heavy atom. The molecular weight excluding hydrogens is 300 g/mol. The summed E-state index contributed by atoms with van der Waals surface area (Å²) in [6.07, 6.45) is 4.34. The molecule has 0 aromatic heterocycles. The lowest BCUT2D eigenvalue weighted by Crippen LogP contribution is -2.41. The zero-order valence-electron chi connectivity index (χ0n) is 12.0. The van der Waals surface area contributed by atoms with E-state index in [0.29, 0.717) is 25.4 Å². The monoisotopic (exact) mass is 324 g/mol. The van der Waals surface area contributed by atoms with Crippen LogP contribution in [0.15, 0.2) is 0 Å². The summed E-state index contributed by atoms with van der Waals surface area (Å²) in [6, 6.07) is 0.369. The molecule has 1 N–H and O–H groups in total. The highest BCUT2D eigenvalue weighted by Gasteiger charge is 2.33. The highest BCUT2D eigenvalue weighted by atomic mass is 35.5. The Morgan fingerprint density at radius 3 is 2.60 bits per heavy atom. The van der Waals surface area contributed by atoms with E-state index in [1.807, 2.05) is 6.92 Å². The molecule has 2 aliphatic heterocycles.